The van der Waals surface area contributed by atoms with Gasteiger partial charge in [0.15, 0.2) is 0 Å². The number of amides is 2. The predicted molar refractivity (Wildman–Crippen MR) is 116 cm³/mol. The quantitative estimate of drug-likeness (QED) is 0.359. The van der Waals surface area contributed by atoms with Crippen molar-refractivity contribution in [3.8, 4) is 5.75 Å². The van der Waals surface area contributed by atoms with Crippen LogP contribution in [-0.4, -0.2) is 17.8 Å². The molecule has 0 radical (unpaired) electrons. The highest BCUT2D eigenvalue weighted by molar-refractivity contribution is 6.22. The summed E-state index contributed by atoms with van der Waals surface area (Å²) < 4.78 is 5.53. The Kier molecular flexibility index (Phi) is 4.00. The maximum atomic E-state index is 13.0. The second kappa shape index (κ2) is 6.77. The van der Waals surface area contributed by atoms with Crippen LogP contribution in [0.15, 0.2) is 66.7 Å². The molecule has 154 valence electrons. The van der Waals surface area contributed by atoms with Crippen LogP contribution in [0, 0.1) is 23.7 Å². The van der Waals surface area contributed by atoms with Crippen LogP contribution in [0.5, 0.6) is 5.75 Å². The van der Waals surface area contributed by atoms with Crippen LogP contribution in [0.3, 0.4) is 0 Å². The predicted octanol–water partition coefficient (Wildman–Crippen LogP) is 4.59. The molecule has 2 bridgehead atoms. The van der Waals surface area contributed by atoms with Crippen LogP contribution in [-0.2, 0) is 9.59 Å². The number of fused-ring (bicyclic) bond motifs is 6. The van der Waals surface area contributed by atoms with E-state index < -0.39 is 5.97 Å². The molecule has 3 aromatic carbocycles. The minimum Gasteiger partial charge on any atom is -0.423 e. The van der Waals surface area contributed by atoms with E-state index >= 15 is 0 Å². The molecule has 0 N–H and O–H groups in total. The average Bonchev–Trinajstić information content (AvgIpc) is 3.47. The number of benzene rings is 3. The summed E-state index contributed by atoms with van der Waals surface area (Å²) in [7, 11) is 0. The first kappa shape index (κ1) is 18.3. The lowest BCUT2D eigenvalue weighted by atomic mass is 9.81. The van der Waals surface area contributed by atoms with Crippen molar-refractivity contribution in [1.82, 2.24) is 0 Å². The van der Waals surface area contributed by atoms with Crippen molar-refractivity contribution in [2.45, 2.75) is 19.3 Å². The second-order valence-electron chi connectivity index (χ2n) is 8.84. The van der Waals surface area contributed by atoms with Gasteiger partial charge in [-0.15, -0.1) is 0 Å². The van der Waals surface area contributed by atoms with E-state index in [2.05, 4.69) is 0 Å². The van der Waals surface area contributed by atoms with Gasteiger partial charge in [0.05, 0.1) is 23.1 Å². The molecule has 6 rings (SSSR count). The number of hydrogen-bond acceptors (Lipinski definition) is 4. The van der Waals surface area contributed by atoms with Crippen molar-refractivity contribution in [3.63, 3.8) is 0 Å². The highest BCUT2D eigenvalue weighted by Gasteiger charge is 2.61. The summed E-state index contributed by atoms with van der Waals surface area (Å²) >= 11 is 0. The maximum Gasteiger partial charge on any atom is 0.343 e. The summed E-state index contributed by atoms with van der Waals surface area (Å²) in [5, 5.41) is 2.07. The average molecular weight is 411 g/mol. The molecule has 0 unspecified atom stereocenters. The number of nitrogens with zero attached hydrogens (tertiary/aromatic N) is 1. The fraction of sp³-hybridized carbons (Fsp3) is 0.269. The molecule has 0 aromatic heterocycles. The van der Waals surface area contributed by atoms with Gasteiger partial charge in [-0.25, -0.2) is 4.79 Å². The topological polar surface area (TPSA) is 63.7 Å². The first-order valence-electron chi connectivity index (χ1n) is 10.8. The molecule has 2 saturated carbocycles. The Hall–Kier alpha value is -3.47. The van der Waals surface area contributed by atoms with Crippen molar-refractivity contribution in [2.75, 3.05) is 4.90 Å². The van der Waals surface area contributed by atoms with E-state index in [1.165, 1.54) is 4.90 Å². The fourth-order valence-electron chi connectivity index (χ4n) is 5.81. The van der Waals surface area contributed by atoms with Gasteiger partial charge in [0, 0.05) is 0 Å². The van der Waals surface area contributed by atoms with Gasteiger partial charge in [0.25, 0.3) is 0 Å². The van der Waals surface area contributed by atoms with Gasteiger partial charge in [-0.1, -0.05) is 30.3 Å². The van der Waals surface area contributed by atoms with Crippen molar-refractivity contribution in [2.24, 2.45) is 23.7 Å². The molecule has 1 aliphatic heterocycles. The van der Waals surface area contributed by atoms with E-state index in [1.54, 1.807) is 30.3 Å². The van der Waals surface area contributed by atoms with E-state index in [9.17, 15) is 14.4 Å². The minimum atomic E-state index is -0.476. The van der Waals surface area contributed by atoms with Gasteiger partial charge in [0.2, 0.25) is 11.8 Å². The Morgan fingerprint density at radius 3 is 2.13 bits per heavy atom. The number of rotatable bonds is 3. The summed E-state index contributed by atoms with van der Waals surface area (Å²) in [5.74, 6) is 0.257. The molecule has 1 heterocycles. The monoisotopic (exact) mass is 411 g/mol. The lowest BCUT2D eigenvalue weighted by Gasteiger charge is -2.19. The Bertz CT molecular complexity index is 1200. The van der Waals surface area contributed by atoms with Crippen LogP contribution in [0.25, 0.3) is 10.8 Å². The van der Waals surface area contributed by atoms with Crippen molar-refractivity contribution < 1.29 is 19.1 Å². The van der Waals surface area contributed by atoms with E-state index in [0.29, 0.717) is 28.8 Å². The van der Waals surface area contributed by atoms with Gasteiger partial charge in [-0.2, -0.15) is 0 Å². The molecule has 5 nitrogen and oxygen atoms in total. The molecule has 1 saturated heterocycles. The molecular weight excluding hydrogens is 390 g/mol. The number of ether oxygens (including phenoxy) is 1. The van der Waals surface area contributed by atoms with E-state index in [-0.39, 0.29) is 23.7 Å². The van der Waals surface area contributed by atoms with E-state index in [1.807, 2.05) is 36.4 Å². The second-order valence-corrected chi connectivity index (χ2v) is 8.84. The largest absolute Gasteiger partial charge is 0.423 e. The van der Waals surface area contributed by atoms with E-state index in [0.717, 1.165) is 30.0 Å². The van der Waals surface area contributed by atoms with Gasteiger partial charge in [-0.05, 0) is 78.3 Å². The highest BCUT2D eigenvalue weighted by Crippen LogP contribution is 2.56. The van der Waals surface area contributed by atoms with Gasteiger partial charge >= 0.3 is 5.97 Å². The standard InChI is InChI=1S/C26H21NO4/c28-24-22-18-5-6-19(13-18)23(22)25(29)27(24)20-10-7-16(8-11-20)26(30)31-21-12-9-15-3-1-2-4-17(15)14-21/h1-4,7-12,14,18-19,22-23H,5-6,13H2/t18-,19+,22-,23+. The third kappa shape index (κ3) is 2.80. The molecule has 4 atom stereocenters. The zero-order valence-corrected chi connectivity index (χ0v) is 16.9. The Balaban J connectivity index is 1.21. The number of anilines is 1. The maximum absolute atomic E-state index is 13.0. The smallest absolute Gasteiger partial charge is 0.343 e. The first-order chi connectivity index (χ1) is 15.1. The zero-order valence-electron chi connectivity index (χ0n) is 16.9. The summed E-state index contributed by atoms with van der Waals surface area (Å²) in [4.78, 5) is 39.9. The molecule has 31 heavy (non-hydrogen) atoms. The number of imide groups is 1. The Morgan fingerprint density at radius 1 is 0.806 bits per heavy atom. The molecule has 3 aromatic rings. The third-order valence-corrected chi connectivity index (χ3v) is 7.22. The number of esters is 1. The van der Waals surface area contributed by atoms with Crippen molar-refractivity contribution >= 4 is 34.2 Å². The highest BCUT2D eigenvalue weighted by atomic mass is 16.5. The van der Waals surface area contributed by atoms with Crippen LogP contribution in [0.2, 0.25) is 0 Å². The van der Waals surface area contributed by atoms with Crippen molar-refractivity contribution in [3.05, 3.63) is 72.3 Å². The molecule has 5 heteroatoms. The molecule has 3 fully saturated rings. The third-order valence-electron chi connectivity index (χ3n) is 7.22. The summed E-state index contributed by atoms with van der Waals surface area (Å²) in [6, 6.07) is 19.9. The summed E-state index contributed by atoms with van der Waals surface area (Å²) in [6.07, 6.45) is 3.12. The SMILES string of the molecule is O=C(Oc1ccc2ccccc2c1)c1ccc(N2C(=O)[C@@H]3[C@@H]4CC[C@@H](C4)[C@@H]3C2=O)cc1. The summed E-state index contributed by atoms with van der Waals surface area (Å²) in [5.41, 5.74) is 0.905. The lowest BCUT2D eigenvalue weighted by Crippen LogP contribution is -2.32. The Labute approximate surface area is 179 Å². The number of hydrogen-bond donors (Lipinski definition) is 0. The van der Waals surface area contributed by atoms with Crippen LogP contribution in [0.1, 0.15) is 29.6 Å². The van der Waals surface area contributed by atoms with Gasteiger partial charge in [-0.3, -0.25) is 14.5 Å². The normalized spacial score (nSPS) is 26.5. The lowest BCUT2D eigenvalue weighted by molar-refractivity contribution is -0.123. The molecule has 2 aliphatic carbocycles. The van der Waals surface area contributed by atoms with Crippen LogP contribution in [0.4, 0.5) is 5.69 Å². The van der Waals surface area contributed by atoms with Gasteiger partial charge < -0.3 is 4.74 Å². The molecule has 0 spiro atoms. The minimum absolute atomic E-state index is 0.0753. The zero-order chi connectivity index (χ0) is 21.1. The molecule has 2 amide bonds. The van der Waals surface area contributed by atoms with Crippen LogP contribution < -0.4 is 9.64 Å². The first-order valence-corrected chi connectivity index (χ1v) is 10.8. The van der Waals surface area contributed by atoms with E-state index in [4.69, 9.17) is 4.74 Å². The molecule has 3 aliphatic rings. The molecular formula is C26H21NO4. The number of carbonyl (C=O) groups is 3. The van der Waals surface area contributed by atoms with Gasteiger partial charge in [0.1, 0.15) is 5.75 Å². The number of carbonyl (C=O) groups excluding carboxylic acids is 3. The Morgan fingerprint density at radius 2 is 1.45 bits per heavy atom. The summed E-state index contributed by atoms with van der Waals surface area (Å²) in [6.45, 7) is 0. The fourth-order valence-corrected chi connectivity index (χ4v) is 5.81. The van der Waals surface area contributed by atoms with Crippen molar-refractivity contribution in [1.29, 1.82) is 0 Å². The van der Waals surface area contributed by atoms with Crippen LogP contribution >= 0.6 is 0 Å².